The maximum Gasteiger partial charge on any atom is 0.389 e. The summed E-state index contributed by atoms with van der Waals surface area (Å²) in [6.45, 7) is 1.68. The lowest BCUT2D eigenvalue weighted by molar-refractivity contribution is -0.134. The van der Waals surface area contributed by atoms with Crippen molar-refractivity contribution >= 4 is 10.0 Å². The summed E-state index contributed by atoms with van der Waals surface area (Å²) < 4.78 is 61.1. The number of alkyl halides is 3. The first-order valence-electron chi connectivity index (χ1n) is 6.44. The molecule has 0 spiro atoms. The Morgan fingerprint density at radius 3 is 2.32 bits per heavy atom. The van der Waals surface area contributed by atoms with E-state index < -0.39 is 28.4 Å². The van der Waals surface area contributed by atoms with E-state index in [4.69, 9.17) is 0 Å². The van der Waals surface area contributed by atoms with Gasteiger partial charge < -0.3 is 5.32 Å². The van der Waals surface area contributed by atoms with Gasteiger partial charge in [-0.2, -0.15) is 13.2 Å². The van der Waals surface area contributed by atoms with Gasteiger partial charge in [0.25, 0.3) is 0 Å². The number of piperidine rings is 1. The van der Waals surface area contributed by atoms with E-state index in [1.54, 1.807) is 0 Å². The van der Waals surface area contributed by atoms with Gasteiger partial charge in [0.2, 0.25) is 10.0 Å². The van der Waals surface area contributed by atoms with Crippen molar-refractivity contribution in [2.75, 3.05) is 32.4 Å². The average molecular weight is 302 g/mol. The van der Waals surface area contributed by atoms with Crippen LogP contribution in [0.1, 0.15) is 25.7 Å². The van der Waals surface area contributed by atoms with Gasteiger partial charge in [-0.25, -0.2) is 12.7 Å². The molecule has 19 heavy (non-hydrogen) atoms. The molecule has 1 fully saturated rings. The Kier molecular flexibility index (Phi) is 6.07. The molecule has 114 valence electrons. The van der Waals surface area contributed by atoms with Crippen LogP contribution < -0.4 is 5.32 Å². The standard InChI is InChI=1S/C11H21F3N2O2S/c1-15-9-10-3-6-16(7-4-10)19(17,18)8-2-5-11(12,13)14/h10,15H,2-9H2,1H3. The van der Waals surface area contributed by atoms with E-state index in [0.29, 0.717) is 19.0 Å². The molecule has 0 atom stereocenters. The number of hydrogen-bond donors (Lipinski definition) is 1. The van der Waals surface area contributed by atoms with Crippen molar-refractivity contribution in [3.63, 3.8) is 0 Å². The van der Waals surface area contributed by atoms with E-state index in [-0.39, 0.29) is 6.42 Å². The molecule has 0 radical (unpaired) electrons. The second kappa shape index (κ2) is 6.90. The van der Waals surface area contributed by atoms with Crippen LogP contribution in [0.4, 0.5) is 13.2 Å². The van der Waals surface area contributed by atoms with Crippen LogP contribution in [0.2, 0.25) is 0 Å². The summed E-state index contributed by atoms with van der Waals surface area (Å²) in [5, 5.41) is 3.05. The van der Waals surface area contributed by atoms with Crippen molar-refractivity contribution in [2.24, 2.45) is 5.92 Å². The minimum atomic E-state index is -4.28. The van der Waals surface area contributed by atoms with E-state index in [1.165, 1.54) is 4.31 Å². The molecule has 0 aromatic heterocycles. The number of nitrogens with one attached hydrogen (secondary N) is 1. The zero-order valence-electron chi connectivity index (χ0n) is 11.0. The molecule has 0 unspecified atom stereocenters. The van der Waals surface area contributed by atoms with Gasteiger partial charge in [0, 0.05) is 19.5 Å². The molecule has 0 amide bonds. The molecule has 1 aliphatic rings. The first-order valence-corrected chi connectivity index (χ1v) is 8.05. The zero-order chi connectivity index (χ0) is 14.5. The molecule has 0 aliphatic carbocycles. The fourth-order valence-corrected chi connectivity index (χ4v) is 3.80. The van der Waals surface area contributed by atoms with Crippen molar-refractivity contribution in [3.8, 4) is 0 Å². The molecule has 1 saturated heterocycles. The average Bonchev–Trinajstić information content (AvgIpc) is 2.28. The van der Waals surface area contributed by atoms with E-state index in [0.717, 1.165) is 19.4 Å². The molecular formula is C11H21F3N2O2S. The summed E-state index contributed by atoms with van der Waals surface area (Å²) >= 11 is 0. The number of hydrogen-bond acceptors (Lipinski definition) is 3. The summed E-state index contributed by atoms with van der Waals surface area (Å²) in [5.41, 5.74) is 0. The molecule has 4 nitrogen and oxygen atoms in total. The quantitative estimate of drug-likeness (QED) is 0.810. The molecular weight excluding hydrogens is 281 g/mol. The van der Waals surface area contributed by atoms with E-state index in [1.807, 2.05) is 7.05 Å². The third-order valence-electron chi connectivity index (χ3n) is 3.32. The van der Waals surface area contributed by atoms with Gasteiger partial charge >= 0.3 is 6.18 Å². The fraction of sp³-hybridized carbons (Fsp3) is 1.00. The maximum absolute atomic E-state index is 12.0. The van der Waals surface area contributed by atoms with E-state index >= 15 is 0 Å². The Balaban J connectivity index is 2.38. The predicted molar refractivity (Wildman–Crippen MR) is 67.3 cm³/mol. The second-order valence-corrected chi connectivity index (χ2v) is 7.02. The predicted octanol–water partition coefficient (Wildman–Crippen LogP) is 1.59. The van der Waals surface area contributed by atoms with E-state index in [9.17, 15) is 21.6 Å². The van der Waals surface area contributed by atoms with Gasteiger partial charge in [0.1, 0.15) is 0 Å². The first kappa shape index (κ1) is 16.7. The summed E-state index contributed by atoms with van der Waals surface area (Å²) in [7, 11) is -1.68. The largest absolute Gasteiger partial charge is 0.389 e. The first-order chi connectivity index (χ1) is 8.74. The Morgan fingerprint density at radius 1 is 1.26 bits per heavy atom. The number of sulfonamides is 1. The van der Waals surface area contributed by atoms with Gasteiger partial charge in [-0.3, -0.25) is 0 Å². The van der Waals surface area contributed by atoms with Crippen LogP contribution in [-0.4, -0.2) is 51.3 Å². The summed E-state index contributed by atoms with van der Waals surface area (Å²) in [5.74, 6) is 0.0371. The Hall–Kier alpha value is -0.340. The van der Waals surface area contributed by atoms with Gasteiger partial charge in [0.15, 0.2) is 0 Å². The van der Waals surface area contributed by atoms with Gasteiger partial charge in [-0.05, 0) is 38.8 Å². The number of halogens is 3. The zero-order valence-corrected chi connectivity index (χ0v) is 11.9. The smallest absolute Gasteiger partial charge is 0.319 e. The third kappa shape index (κ3) is 6.09. The van der Waals surface area contributed by atoms with E-state index in [2.05, 4.69) is 5.32 Å². The molecule has 1 rings (SSSR count). The van der Waals surface area contributed by atoms with Crippen molar-refractivity contribution in [1.29, 1.82) is 0 Å². The molecule has 0 bridgehead atoms. The van der Waals surface area contributed by atoms with Gasteiger partial charge in [-0.15, -0.1) is 0 Å². The number of nitrogens with zero attached hydrogens (tertiary/aromatic N) is 1. The number of rotatable bonds is 6. The third-order valence-corrected chi connectivity index (χ3v) is 5.28. The molecule has 0 aromatic carbocycles. The molecule has 1 N–H and O–H groups in total. The fourth-order valence-electron chi connectivity index (χ4n) is 2.26. The second-order valence-electron chi connectivity index (χ2n) is 4.93. The monoisotopic (exact) mass is 302 g/mol. The highest BCUT2D eigenvalue weighted by molar-refractivity contribution is 7.89. The Morgan fingerprint density at radius 2 is 1.84 bits per heavy atom. The Labute approximate surface area is 112 Å². The van der Waals surface area contributed by atoms with Crippen LogP contribution >= 0.6 is 0 Å². The molecule has 1 aliphatic heterocycles. The lowest BCUT2D eigenvalue weighted by Crippen LogP contribution is -2.41. The van der Waals surface area contributed by atoms with Crippen LogP contribution in [0.25, 0.3) is 0 Å². The Bertz CT molecular complexity index is 363. The van der Waals surface area contributed by atoms with Gasteiger partial charge in [0.05, 0.1) is 5.75 Å². The van der Waals surface area contributed by atoms with Crippen LogP contribution in [0.5, 0.6) is 0 Å². The highest BCUT2D eigenvalue weighted by atomic mass is 32.2. The van der Waals surface area contributed by atoms with Crippen molar-refractivity contribution in [1.82, 2.24) is 9.62 Å². The molecule has 0 saturated carbocycles. The van der Waals surface area contributed by atoms with Crippen molar-refractivity contribution in [2.45, 2.75) is 31.9 Å². The van der Waals surface area contributed by atoms with Crippen LogP contribution in [-0.2, 0) is 10.0 Å². The van der Waals surface area contributed by atoms with Crippen LogP contribution in [0, 0.1) is 5.92 Å². The SMILES string of the molecule is CNCC1CCN(S(=O)(=O)CCCC(F)(F)F)CC1. The minimum absolute atomic E-state index is 0.359. The molecule has 8 heteroatoms. The topological polar surface area (TPSA) is 49.4 Å². The van der Waals surface area contributed by atoms with Crippen molar-refractivity contribution in [3.05, 3.63) is 0 Å². The summed E-state index contributed by atoms with van der Waals surface area (Å²) in [4.78, 5) is 0. The molecule has 0 aromatic rings. The minimum Gasteiger partial charge on any atom is -0.319 e. The lowest BCUT2D eigenvalue weighted by Gasteiger charge is -2.31. The lowest BCUT2D eigenvalue weighted by atomic mass is 9.98. The van der Waals surface area contributed by atoms with Crippen LogP contribution in [0.3, 0.4) is 0 Å². The normalized spacial score (nSPS) is 19.8. The highest BCUT2D eigenvalue weighted by Gasteiger charge is 2.30. The van der Waals surface area contributed by atoms with Crippen LogP contribution in [0.15, 0.2) is 0 Å². The highest BCUT2D eigenvalue weighted by Crippen LogP contribution is 2.23. The summed E-state index contributed by atoms with van der Waals surface area (Å²) in [6, 6.07) is 0. The summed E-state index contributed by atoms with van der Waals surface area (Å²) in [6.07, 6.45) is -4.15. The van der Waals surface area contributed by atoms with Gasteiger partial charge in [-0.1, -0.05) is 0 Å². The van der Waals surface area contributed by atoms with Crippen molar-refractivity contribution < 1.29 is 21.6 Å². The molecule has 1 heterocycles. The maximum atomic E-state index is 12.0.